The lowest BCUT2D eigenvalue weighted by atomic mass is 10.3. The van der Waals surface area contributed by atoms with Crippen LogP contribution in [0.2, 0.25) is 0 Å². The first-order valence-corrected chi connectivity index (χ1v) is 5.61. The molecule has 0 aliphatic carbocycles. The van der Waals surface area contributed by atoms with E-state index in [9.17, 15) is 4.79 Å². The van der Waals surface area contributed by atoms with E-state index in [0.29, 0.717) is 24.7 Å². The van der Waals surface area contributed by atoms with Gasteiger partial charge in [0.2, 0.25) is 5.91 Å². The summed E-state index contributed by atoms with van der Waals surface area (Å²) in [6.45, 7) is 3.11. The van der Waals surface area contributed by atoms with Crippen molar-refractivity contribution in [1.82, 2.24) is 15.5 Å². The fourth-order valence-electron chi connectivity index (χ4n) is 1.07. The van der Waals surface area contributed by atoms with Gasteiger partial charge in [-0.3, -0.25) is 4.79 Å². The molecule has 1 atom stereocenters. The molecule has 94 valence electrons. The number of carbonyl (C=O) groups excluding carboxylic acids is 1. The van der Waals surface area contributed by atoms with E-state index >= 15 is 0 Å². The summed E-state index contributed by atoms with van der Waals surface area (Å²) in [4.78, 5) is 12.8. The maximum atomic E-state index is 11.3. The normalized spacial score (nSPS) is 11.8. The highest BCUT2D eigenvalue weighted by molar-refractivity contribution is 7.80. The van der Waals surface area contributed by atoms with Crippen LogP contribution in [0.15, 0.2) is 0 Å². The van der Waals surface area contributed by atoms with Gasteiger partial charge in [-0.1, -0.05) is 0 Å². The zero-order valence-electron chi connectivity index (χ0n) is 10.4. The third kappa shape index (κ3) is 7.42. The van der Waals surface area contributed by atoms with Crippen molar-refractivity contribution < 1.29 is 9.53 Å². The lowest BCUT2D eigenvalue weighted by Crippen LogP contribution is -2.43. The average Bonchev–Trinajstić information content (AvgIpc) is 2.17. The highest BCUT2D eigenvalue weighted by Gasteiger charge is 2.05. The van der Waals surface area contributed by atoms with Crippen molar-refractivity contribution in [1.29, 1.82) is 0 Å². The summed E-state index contributed by atoms with van der Waals surface area (Å²) >= 11 is 5.06. The highest BCUT2D eigenvalue weighted by Crippen LogP contribution is 1.86. The van der Waals surface area contributed by atoms with Crippen molar-refractivity contribution in [3.63, 3.8) is 0 Å². The van der Waals surface area contributed by atoms with Gasteiger partial charge in [-0.25, -0.2) is 0 Å². The van der Waals surface area contributed by atoms with E-state index < -0.39 is 0 Å². The predicted octanol–water partition coefficient (Wildman–Crippen LogP) is -0.0363. The van der Waals surface area contributed by atoms with Crippen LogP contribution in [0.25, 0.3) is 0 Å². The Labute approximate surface area is 103 Å². The smallest absolute Gasteiger partial charge is 0.223 e. The van der Waals surface area contributed by atoms with Crippen LogP contribution >= 0.6 is 12.2 Å². The largest absolute Gasteiger partial charge is 0.383 e. The molecule has 1 amide bonds. The summed E-state index contributed by atoms with van der Waals surface area (Å²) in [5.74, 6) is 0.0836. The Balaban J connectivity index is 3.62. The number of carbonyl (C=O) groups is 1. The predicted molar refractivity (Wildman–Crippen MR) is 68.4 cm³/mol. The molecule has 1 unspecified atom stereocenters. The van der Waals surface area contributed by atoms with Crippen molar-refractivity contribution >= 4 is 23.2 Å². The molecule has 6 heteroatoms. The van der Waals surface area contributed by atoms with Gasteiger partial charge in [-0.05, 0) is 19.1 Å². The van der Waals surface area contributed by atoms with Crippen LogP contribution in [0.4, 0.5) is 0 Å². The van der Waals surface area contributed by atoms with Gasteiger partial charge in [0.15, 0.2) is 5.11 Å². The number of thiocarbonyl (C=S) groups is 1. The molecule has 0 aliphatic rings. The molecule has 0 saturated heterocycles. The first-order chi connectivity index (χ1) is 7.47. The van der Waals surface area contributed by atoms with Gasteiger partial charge in [-0.15, -0.1) is 0 Å². The van der Waals surface area contributed by atoms with E-state index in [-0.39, 0.29) is 11.9 Å². The molecule has 0 bridgehead atoms. The number of hydrogen-bond acceptors (Lipinski definition) is 3. The van der Waals surface area contributed by atoms with Crippen molar-refractivity contribution in [2.75, 3.05) is 34.4 Å². The molecule has 0 rings (SSSR count). The third-order valence-corrected chi connectivity index (χ3v) is 2.18. The lowest BCUT2D eigenvalue weighted by molar-refractivity contribution is -0.128. The number of rotatable bonds is 6. The fraction of sp³-hybridized carbons (Fsp3) is 0.800. The van der Waals surface area contributed by atoms with E-state index in [2.05, 4.69) is 10.6 Å². The van der Waals surface area contributed by atoms with Gasteiger partial charge >= 0.3 is 0 Å². The van der Waals surface area contributed by atoms with Crippen LogP contribution in [0.1, 0.15) is 13.3 Å². The minimum atomic E-state index is 0.0836. The first-order valence-electron chi connectivity index (χ1n) is 5.20. The van der Waals surface area contributed by atoms with Gasteiger partial charge in [0.05, 0.1) is 6.61 Å². The van der Waals surface area contributed by atoms with Crippen LogP contribution in [0, 0.1) is 0 Å². The van der Waals surface area contributed by atoms with Crippen LogP contribution in [-0.4, -0.2) is 56.3 Å². The second-order valence-corrected chi connectivity index (χ2v) is 4.20. The van der Waals surface area contributed by atoms with Crippen LogP contribution in [0.5, 0.6) is 0 Å². The molecule has 0 radical (unpaired) electrons. The Bertz CT molecular complexity index is 234. The molecule has 5 nitrogen and oxygen atoms in total. The summed E-state index contributed by atoms with van der Waals surface area (Å²) in [5, 5.41) is 6.58. The minimum absolute atomic E-state index is 0.0836. The van der Waals surface area contributed by atoms with Crippen molar-refractivity contribution in [3.05, 3.63) is 0 Å². The van der Waals surface area contributed by atoms with E-state index in [4.69, 9.17) is 17.0 Å². The highest BCUT2D eigenvalue weighted by atomic mass is 32.1. The number of amides is 1. The average molecular weight is 247 g/mol. The zero-order valence-corrected chi connectivity index (χ0v) is 11.2. The van der Waals surface area contributed by atoms with Gasteiger partial charge in [0, 0.05) is 40.2 Å². The van der Waals surface area contributed by atoms with E-state index in [1.807, 2.05) is 6.92 Å². The van der Waals surface area contributed by atoms with Gasteiger partial charge in [0.1, 0.15) is 0 Å². The molecule has 16 heavy (non-hydrogen) atoms. The summed E-state index contributed by atoms with van der Waals surface area (Å²) in [6, 6.07) is 0.162. The number of ether oxygens (including phenoxy) is 1. The molecule has 0 aliphatic heterocycles. The van der Waals surface area contributed by atoms with Gasteiger partial charge < -0.3 is 20.3 Å². The molecule has 0 fully saturated rings. The van der Waals surface area contributed by atoms with E-state index in [0.717, 1.165) is 0 Å². The number of nitrogens with zero attached hydrogens (tertiary/aromatic N) is 1. The van der Waals surface area contributed by atoms with Crippen molar-refractivity contribution in [2.24, 2.45) is 0 Å². The summed E-state index contributed by atoms with van der Waals surface area (Å²) in [6.07, 6.45) is 0.438. The quantitative estimate of drug-likeness (QED) is 0.645. The second kappa shape index (κ2) is 8.29. The maximum Gasteiger partial charge on any atom is 0.223 e. The zero-order chi connectivity index (χ0) is 12.6. The molecular weight excluding hydrogens is 226 g/mol. The number of nitrogens with one attached hydrogen (secondary N) is 2. The Morgan fingerprint density at radius 2 is 2.12 bits per heavy atom. The van der Waals surface area contributed by atoms with E-state index in [1.54, 1.807) is 26.1 Å². The topological polar surface area (TPSA) is 53.6 Å². The lowest BCUT2D eigenvalue weighted by Gasteiger charge is -2.16. The van der Waals surface area contributed by atoms with Gasteiger partial charge in [0.25, 0.3) is 0 Å². The minimum Gasteiger partial charge on any atom is -0.383 e. The Morgan fingerprint density at radius 1 is 1.50 bits per heavy atom. The molecule has 0 aromatic heterocycles. The summed E-state index contributed by atoms with van der Waals surface area (Å²) in [7, 11) is 5.11. The Hall–Kier alpha value is -0.880. The molecule has 0 saturated carbocycles. The monoisotopic (exact) mass is 247 g/mol. The molecular formula is C10H21N3O2S. The molecule has 0 aromatic carbocycles. The van der Waals surface area contributed by atoms with Crippen LogP contribution in [0.3, 0.4) is 0 Å². The maximum absolute atomic E-state index is 11.3. The summed E-state index contributed by atoms with van der Waals surface area (Å²) < 4.78 is 4.97. The third-order valence-electron chi connectivity index (χ3n) is 1.92. The molecule has 2 N–H and O–H groups in total. The van der Waals surface area contributed by atoms with Crippen LogP contribution in [-0.2, 0) is 9.53 Å². The fourth-order valence-corrected chi connectivity index (χ4v) is 1.38. The molecule has 0 spiro atoms. The Kier molecular flexibility index (Phi) is 7.84. The Morgan fingerprint density at radius 3 is 2.62 bits per heavy atom. The molecule has 0 aromatic rings. The SMILES string of the molecule is COCC(C)NC(=S)NCCC(=O)N(C)C. The standard InChI is InChI=1S/C10H21N3O2S/c1-8(7-15-4)12-10(16)11-6-5-9(14)13(2)3/h8H,5-7H2,1-4H3,(H2,11,12,16). The van der Waals surface area contributed by atoms with Crippen molar-refractivity contribution in [2.45, 2.75) is 19.4 Å². The summed E-state index contributed by atoms with van der Waals surface area (Å²) in [5.41, 5.74) is 0. The molecule has 0 heterocycles. The van der Waals surface area contributed by atoms with E-state index in [1.165, 1.54) is 0 Å². The number of hydrogen-bond donors (Lipinski definition) is 2. The van der Waals surface area contributed by atoms with Gasteiger partial charge in [-0.2, -0.15) is 0 Å². The number of methoxy groups -OCH3 is 1. The van der Waals surface area contributed by atoms with Crippen molar-refractivity contribution in [3.8, 4) is 0 Å². The second-order valence-electron chi connectivity index (χ2n) is 3.79. The first kappa shape index (κ1) is 15.1. The van der Waals surface area contributed by atoms with Crippen LogP contribution < -0.4 is 10.6 Å².